The van der Waals surface area contributed by atoms with E-state index in [4.69, 9.17) is 9.26 Å². The van der Waals surface area contributed by atoms with Crippen LogP contribution in [0.15, 0.2) is 4.52 Å². The lowest BCUT2D eigenvalue weighted by atomic mass is 10.0. The zero-order valence-electron chi connectivity index (χ0n) is 10.9. The zero-order valence-corrected chi connectivity index (χ0v) is 10.9. The lowest BCUT2D eigenvalue weighted by Crippen LogP contribution is -2.21. The van der Waals surface area contributed by atoms with Crippen molar-refractivity contribution in [2.24, 2.45) is 0 Å². The predicted octanol–water partition coefficient (Wildman–Crippen LogP) is 2.17. The van der Waals surface area contributed by atoms with Crippen molar-refractivity contribution in [3.63, 3.8) is 0 Å². The first-order chi connectivity index (χ1) is 8.84. The Balaban J connectivity index is 1.72. The molecule has 3 atom stereocenters. The predicted molar refractivity (Wildman–Crippen MR) is 66.3 cm³/mol. The molecule has 5 nitrogen and oxygen atoms in total. The monoisotopic (exact) mass is 251 g/mol. The molecule has 1 aromatic rings. The molecule has 3 unspecified atom stereocenters. The highest BCUT2D eigenvalue weighted by atomic mass is 16.5. The van der Waals surface area contributed by atoms with Gasteiger partial charge in [-0.1, -0.05) is 18.0 Å². The van der Waals surface area contributed by atoms with Gasteiger partial charge in [-0.3, -0.25) is 0 Å². The summed E-state index contributed by atoms with van der Waals surface area (Å²) in [5.74, 6) is 1.85. The maximum atomic E-state index is 5.55. The van der Waals surface area contributed by atoms with Gasteiger partial charge in [0.1, 0.15) is 0 Å². The molecule has 0 aromatic carbocycles. The van der Waals surface area contributed by atoms with Gasteiger partial charge in [-0.15, -0.1) is 0 Å². The molecule has 0 aliphatic carbocycles. The van der Waals surface area contributed by atoms with E-state index in [0.717, 1.165) is 37.7 Å². The SMILES string of the molecule is CC1OCCC1c1nc(C2CCCCCN2)no1. The molecule has 2 aliphatic heterocycles. The number of ether oxygens (including phenoxy) is 1. The van der Waals surface area contributed by atoms with Crippen LogP contribution in [0, 0.1) is 0 Å². The minimum Gasteiger partial charge on any atom is -0.378 e. The molecular formula is C13H21N3O2. The van der Waals surface area contributed by atoms with Crippen LogP contribution in [-0.4, -0.2) is 29.4 Å². The first-order valence-corrected chi connectivity index (χ1v) is 7.03. The van der Waals surface area contributed by atoms with Gasteiger partial charge in [-0.05, 0) is 32.7 Å². The van der Waals surface area contributed by atoms with E-state index < -0.39 is 0 Å². The van der Waals surface area contributed by atoms with E-state index in [1.807, 2.05) is 0 Å². The second kappa shape index (κ2) is 5.36. The van der Waals surface area contributed by atoms with E-state index in [1.165, 1.54) is 19.3 Å². The molecule has 100 valence electrons. The first kappa shape index (κ1) is 12.1. The van der Waals surface area contributed by atoms with Crippen LogP contribution in [0.1, 0.15) is 62.7 Å². The summed E-state index contributed by atoms with van der Waals surface area (Å²) in [4.78, 5) is 4.59. The number of nitrogens with one attached hydrogen (secondary N) is 1. The average molecular weight is 251 g/mol. The van der Waals surface area contributed by atoms with E-state index in [2.05, 4.69) is 22.4 Å². The van der Waals surface area contributed by atoms with Gasteiger partial charge in [-0.2, -0.15) is 4.98 Å². The van der Waals surface area contributed by atoms with E-state index in [0.29, 0.717) is 0 Å². The van der Waals surface area contributed by atoms with E-state index in [-0.39, 0.29) is 18.1 Å². The standard InChI is InChI=1S/C13H21N3O2/c1-9-10(6-8-17-9)13-15-12(16-18-13)11-5-3-2-4-7-14-11/h9-11,14H,2-8H2,1H3. The molecule has 0 saturated carbocycles. The van der Waals surface area contributed by atoms with Gasteiger partial charge < -0.3 is 14.6 Å². The van der Waals surface area contributed by atoms with Crippen molar-refractivity contribution in [3.8, 4) is 0 Å². The van der Waals surface area contributed by atoms with Gasteiger partial charge in [0, 0.05) is 6.61 Å². The Kier molecular flexibility index (Phi) is 3.61. The van der Waals surface area contributed by atoms with Crippen molar-refractivity contribution < 1.29 is 9.26 Å². The molecule has 3 rings (SSSR count). The third-order valence-corrected chi connectivity index (χ3v) is 4.02. The maximum Gasteiger partial charge on any atom is 0.232 e. The van der Waals surface area contributed by atoms with E-state index >= 15 is 0 Å². The number of nitrogens with zero attached hydrogens (tertiary/aromatic N) is 2. The second-order valence-electron chi connectivity index (χ2n) is 5.32. The van der Waals surface area contributed by atoms with Crippen LogP contribution in [0.5, 0.6) is 0 Å². The van der Waals surface area contributed by atoms with Crippen LogP contribution in [0.3, 0.4) is 0 Å². The minimum atomic E-state index is 0.195. The summed E-state index contributed by atoms with van der Waals surface area (Å²) in [7, 11) is 0. The molecule has 0 bridgehead atoms. The summed E-state index contributed by atoms with van der Waals surface area (Å²) in [6.45, 7) is 3.92. The third kappa shape index (κ3) is 2.42. The first-order valence-electron chi connectivity index (χ1n) is 7.03. The third-order valence-electron chi connectivity index (χ3n) is 4.02. The van der Waals surface area contributed by atoms with Gasteiger partial charge in [0.05, 0.1) is 18.1 Å². The zero-order chi connectivity index (χ0) is 12.4. The molecule has 1 aromatic heterocycles. The molecule has 18 heavy (non-hydrogen) atoms. The fraction of sp³-hybridized carbons (Fsp3) is 0.846. The molecule has 1 N–H and O–H groups in total. The lowest BCUT2D eigenvalue weighted by molar-refractivity contribution is 0.113. The van der Waals surface area contributed by atoms with Crippen molar-refractivity contribution in [2.75, 3.05) is 13.2 Å². The summed E-state index contributed by atoms with van der Waals surface area (Å²) in [6.07, 6.45) is 6.07. The summed E-state index contributed by atoms with van der Waals surface area (Å²) >= 11 is 0. The summed E-state index contributed by atoms with van der Waals surface area (Å²) in [6, 6.07) is 0.266. The molecule has 2 saturated heterocycles. The van der Waals surface area contributed by atoms with E-state index in [1.54, 1.807) is 0 Å². The number of hydrogen-bond donors (Lipinski definition) is 1. The van der Waals surface area contributed by atoms with Gasteiger partial charge in [0.25, 0.3) is 0 Å². The number of hydrogen-bond acceptors (Lipinski definition) is 5. The molecule has 5 heteroatoms. The largest absolute Gasteiger partial charge is 0.378 e. The summed E-state index contributed by atoms with van der Waals surface area (Å²) < 4.78 is 11.0. The highest BCUT2D eigenvalue weighted by molar-refractivity contribution is 5.02. The fourth-order valence-corrected chi connectivity index (χ4v) is 2.84. The Morgan fingerprint density at radius 2 is 2.17 bits per heavy atom. The van der Waals surface area contributed by atoms with Gasteiger partial charge >= 0.3 is 0 Å². The highest BCUT2D eigenvalue weighted by Crippen LogP contribution is 2.31. The highest BCUT2D eigenvalue weighted by Gasteiger charge is 2.31. The summed E-state index contributed by atoms with van der Waals surface area (Å²) in [5.41, 5.74) is 0. The van der Waals surface area contributed by atoms with Gasteiger partial charge in [0.2, 0.25) is 5.89 Å². The Morgan fingerprint density at radius 3 is 3.00 bits per heavy atom. The van der Waals surface area contributed by atoms with Crippen LogP contribution in [0.4, 0.5) is 0 Å². The Morgan fingerprint density at radius 1 is 1.22 bits per heavy atom. The Labute approximate surface area is 107 Å². The van der Waals surface area contributed by atoms with Crippen molar-refractivity contribution in [1.29, 1.82) is 0 Å². The number of aromatic nitrogens is 2. The smallest absolute Gasteiger partial charge is 0.232 e. The van der Waals surface area contributed by atoms with Crippen molar-refractivity contribution in [2.45, 2.75) is 57.1 Å². The average Bonchev–Trinajstić information content (AvgIpc) is 2.91. The molecule has 0 spiro atoms. The van der Waals surface area contributed by atoms with Crippen LogP contribution >= 0.6 is 0 Å². The number of rotatable bonds is 2. The minimum absolute atomic E-state index is 0.195. The maximum absolute atomic E-state index is 5.55. The fourth-order valence-electron chi connectivity index (χ4n) is 2.84. The van der Waals surface area contributed by atoms with Crippen LogP contribution in [0.25, 0.3) is 0 Å². The molecule has 3 heterocycles. The van der Waals surface area contributed by atoms with Crippen molar-refractivity contribution in [3.05, 3.63) is 11.7 Å². The Bertz CT molecular complexity index is 385. The second-order valence-corrected chi connectivity index (χ2v) is 5.32. The molecule has 0 radical (unpaired) electrons. The van der Waals surface area contributed by atoms with E-state index in [9.17, 15) is 0 Å². The Hall–Kier alpha value is -0.940. The molecule has 2 aliphatic rings. The van der Waals surface area contributed by atoms with Crippen molar-refractivity contribution in [1.82, 2.24) is 15.5 Å². The quantitative estimate of drug-likeness (QED) is 0.872. The lowest BCUT2D eigenvalue weighted by Gasteiger charge is -2.10. The molecule has 0 amide bonds. The molecule has 2 fully saturated rings. The van der Waals surface area contributed by atoms with Crippen LogP contribution in [-0.2, 0) is 4.74 Å². The summed E-state index contributed by atoms with van der Waals surface area (Å²) in [5, 5.41) is 7.65. The van der Waals surface area contributed by atoms with Gasteiger partial charge in [0.15, 0.2) is 5.82 Å². The van der Waals surface area contributed by atoms with Crippen molar-refractivity contribution >= 4 is 0 Å². The van der Waals surface area contributed by atoms with Gasteiger partial charge in [-0.25, -0.2) is 0 Å². The topological polar surface area (TPSA) is 60.2 Å². The molecular weight excluding hydrogens is 230 g/mol. The van der Waals surface area contributed by atoms with Crippen LogP contribution < -0.4 is 5.32 Å². The normalized spacial score (nSPS) is 33.5. The van der Waals surface area contributed by atoms with Crippen LogP contribution in [0.2, 0.25) is 0 Å².